The van der Waals surface area contributed by atoms with Gasteiger partial charge in [-0.1, -0.05) is 0 Å². The van der Waals surface area contributed by atoms with Crippen LogP contribution in [-0.2, 0) is 0 Å². The lowest BCUT2D eigenvalue weighted by atomic mass is 10.2. The van der Waals surface area contributed by atoms with Crippen molar-refractivity contribution in [2.24, 2.45) is 0 Å². The fourth-order valence-corrected chi connectivity index (χ4v) is 1.92. The largest absolute Gasteiger partial charge is 0.490 e. The molecule has 0 radical (unpaired) electrons. The van der Waals surface area contributed by atoms with Gasteiger partial charge in [-0.3, -0.25) is 20.2 Å². The number of nitrogens with zero attached hydrogens (tertiary/aromatic N) is 2. The van der Waals surface area contributed by atoms with E-state index in [2.05, 4.69) is 31.9 Å². The molecule has 7 nitrogen and oxygen atoms in total. The van der Waals surface area contributed by atoms with Crippen LogP contribution in [0.5, 0.6) is 5.75 Å². The fraction of sp³-hybridized carbons (Fsp3) is 0.143. The highest BCUT2D eigenvalue weighted by Gasteiger charge is 2.34. The van der Waals surface area contributed by atoms with Crippen molar-refractivity contribution in [2.45, 2.75) is 0 Å². The summed E-state index contributed by atoms with van der Waals surface area (Å²) in [6.45, 7) is 0. The Morgan fingerprint density at radius 1 is 1.19 bits per heavy atom. The minimum Gasteiger partial charge on any atom is -0.490 e. The first-order chi connectivity index (χ1) is 7.40. The predicted octanol–water partition coefficient (Wildman–Crippen LogP) is 3.04. The highest BCUT2D eigenvalue weighted by molar-refractivity contribution is 9.13. The van der Waals surface area contributed by atoms with Crippen LogP contribution < -0.4 is 4.74 Å². The minimum atomic E-state index is -0.853. The third kappa shape index (κ3) is 2.14. The van der Waals surface area contributed by atoms with Crippen LogP contribution in [0.25, 0.3) is 0 Å². The summed E-state index contributed by atoms with van der Waals surface area (Å²) in [5.74, 6) is -0.174. The molecule has 0 heterocycles. The molecule has 9 heteroatoms. The number of nitro groups is 2. The molecule has 0 aromatic heterocycles. The van der Waals surface area contributed by atoms with Gasteiger partial charge in [0.25, 0.3) is 0 Å². The van der Waals surface area contributed by atoms with Crippen molar-refractivity contribution in [1.82, 2.24) is 0 Å². The fourth-order valence-electron chi connectivity index (χ4n) is 1.08. The topological polar surface area (TPSA) is 95.5 Å². The van der Waals surface area contributed by atoms with E-state index in [4.69, 9.17) is 4.74 Å². The summed E-state index contributed by atoms with van der Waals surface area (Å²) in [7, 11) is 1.20. The van der Waals surface area contributed by atoms with Crippen molar-refractivity contribution >= 4 is 43.2 Å². The second kappa shape index (κ2) is 4.74. The molecule has 0 aliphatic carbocycles. The molecular formula is C7H4Br2N2O5. The van der Waals surface area contributed by atoms with Crippen molar-refractivity contribution in [3.8, 4) is 5.75 Å². The minimum absolute atomic E-state index is 0.00463. The van der Waals surface area contributed by atoms with Crippen LogP contribution in [0, 0.1) is 20.2 Å². The molecule has 16 heavy (non-hydrogen) atoms. The maximum absolute atomic E-state index is 10.8. The number of halogens is 2. The van der Waals surface area contributed by atoms with Crippen molar-refractivity contribution < 1.29 is 14.6 Å². The van der Waals surface area contributed by atoms with Gasteiger partial charge in [0, 0.05) is 10.5 Å². The Morgan fingerprint density at radius 2 is 1.69 bits per heavy atom. The summed E-state index contributed by atoms with van der Waals surface area (Å²) < 4.78 is 5.05. The van der Waals surface area contributed by atoms with Gasteiger partial charge in [-0.15, -0.1) is 0 Å². The molecule has 1 rings (SSSR count). The zero-order valence-electron chi connectivity index (χ0n) is 7.77. The average molecular weight is 356 g/mol. The molecule has 0 aliphatic rings. The van der Waals surface area contributed by atoms with Crippen LogP contribution in [0.2, 0.25) is 0 Å². The second-order valence-electron chi connectivity index (χ2n) is 2.59. The molecule has 0 saturated heterocycles. The second-order valence-corrected chi connectivity index (χ2v) is 4.23. The maximum Gasteiger partial charge on any atom is 0.388 e. The van der Waals surface area contributed by atoms with Gasteiger partial charge in [-0.25, -0.2) is 0 Å². The van der Waals surface area contributed by atoms with E-state index in [0.29, 0.717) is 4.47 Å². The van der Waals surface area contributed by atoms with E-state index >= 15 is 0 Å². The summed E-state index contributed by atoms with van der Waals surface area (Å²) in [5, 5.41) is 21.5. The van der Waals surface area contributed by atoms with Gasteiger partial charge in [-0.05, 0) is 31.9 Å². The summed E-state index contributed by atoms with van der Waals surface area (Å²) in [6, 6.07) is 1.29. The Hall–Kier alpha value is -1.22. The van der Waals surface area contributed by atoms with Crippen molar-refractivity contribution in [1.29, 1.82) is 0 Å². The smallest absolute Gasteiger partial charge is 0.388 e. The third-order valence-electron chi connectivity index (χ3n) is 1.72. The van der Waals surface area contributed by atoms with E-state index in [1.807, 2.05) is 0 Å². The van der Waals surface area contributed by atoms with Crippen LogP contribution in [0.4, 0.5) is 11.4 Å². The molecule has 0 spiro atoms. The van der Waals surface area contributed by atoms with E-state index in [9.17, 15) is 20.2 Å². The number of rotatable bonds is 3. The van der Waals surface area contributed by atoms with Gasteiger partial charge in [-0.2, -0.15) is 0 Å². The third-order valence-corrected chi connectivity index (χ3v) is 3.68. The van der Waals surface area contributed by atoms with Crippen molar-refractivity contribution in [3.05, 3.63) is 35.2 Å². The molecule has 0 atom stereocenters. The predicted molar refractivity (Wildman–Crippen MR) is 61.7 cm³/mol. The van der Waals surface area contributed by atoms with Crippen LogP contribution in [-0.4, -0.2) is 17.0 Å². The van der Waals surface area contributed by atoms with E-state index in [1.54, 1.807) is 0 Å². The lowest BCUT2D eigenvalue weighted by Crippen LogP contribution is -2.01. The first-order valence-electron chi connectivity index (χ1n) is 3.75. The number of methoxy groups -OCH3 is 1. The summed E-state index contributed by atoms with van der Waals surface area (Å²) >= 11 is 5.95. The zero-order valence-corrected chi connectivity index (χ0v) is 10.9. The van der Waals surface area contributed by atoms with E-state index < -0.39 is 21.2 Å². The molecule has 86 valence electrons. The highest BCUT2D eigenvalue weighted by atomic mass is 79.9. The number of nitro benzene ring substituents is 2. The molecule has 0 aliphatic heterocycles. The monoisotopic (exact) mass is 354 g/mol. The number of hydrogen-bond donors (Lipinski definition) is 0. The Kier molecular flexibility index (Phi) is 3.81. The van der Waals surface area contributed by atoms with Crippen molar-refractivity contribution in [2.75, 3.05) is 7.11 Å². The normalized spacial score (nSPS) is 9.94. The first kappa shape index (κ1) is 12.8. The van der Waals surface area contributed by atoms with Crippen LogP contribution in [0.1, 0.15) is 0 Å². The summed E-state index contributed by atoms with van der Waals surface area (Å²) in [5.41, 5.74) is -1.32. The summed E-state index contributed by atoms with van der Waals surface area (Å²) in [4.78, 5) is 19.8. The molecule has 0 amide bonds. The Morgan fingerprint density at radius 3 is 2.06 bits per heavy atom. The highest BCUT2D eigenvalue weighted by Crippen LogP contribution is 2.45. The summed E-state index contributed by atoms with van der Waals surface area (Å²) in [6.07, 6.45) is 0. The lowest BCUT2D eigenvalue weighted by molar-refractivity contribution is -0.423. The SMILES string of the molecule is COc1cc(Br)c(Br)c([N+](=O)[O-])c1[N+](=O)[O-]. The maximum atomic E-state index is 10.8. The van der Waals surface area contributed by atoms with Crippen molar-refractivity contribution in [3.63, 3.8) is 0 Å². The molecule has 0 saturated carbocycles. The van der Waals surface area contributed by atoms with Gasteiger partial charge >= 0.3 is 11.4 Å². The zero-order chi connectivity index (χ0) is 12.5. The first-order valence-corrected chi connectivity index (χ1v) is 5.33. The standard InChI is InChI=1S/C7H4Br2N2O5/c1-16-4-2-3(8)5(9)7(11(14)15)6(4)10(12)13/h2H,1H3. The van der Waals surface area contributed by atoms with E-state index in [1.165, 1.54) is 13.2 Å². The van der Waals surface area contributed by atoms with Gasteiger partial charge in [0.15, 0.2) is 0 Å². The molecule has 0 N–H and O–H groups in total. The Bertz CT molecular complexity index is 476. The van der Waals surface area contributed by atoms with Gasteiger partial charge in [0.1, 0.15) is 4.47 Å². The van der Waals surface area contributed by atoms with Crippen LogP contribution >= 0.6 is 31.9 Å². The molecule has 1 aromatic rings. The Labute approximate surface area is 106 Å². The van der Waals surface area contributed by atoms with Crippen LogP contribution in [0.3, 0.4) is 0 Å². The van der Waals surface area contributed by atoms with Gasteiger partial charge in [0.2, 0.25) is 5.75 Å². The van der Waals surface area contributed by atoms with Gasteiger partial charge < -0.3 is 4.74 Å². The molecule has 0 unspecified atom stereocenters. The molecule has 1 aromatic carbocycles. The van der Waals surface area contributed by atoms with Gasteiger partial charge in [0.05, 0.1) is 17.0 Å². The average Bonchev–Trinajstić information content (AvgIpc) is 2.19. The number of ether oxygens (including phenoxy) is 1. The lowest BCUT2D eigenvalue weighted by Gasteiger charge is -2.05. The molecular weight excluding hydrogens is 352 g/mol. The van der Waals surface area contributed by atoms with E-state index in [0.717, 1.165) is 0 Å². The van der Waals surface area contributed by atoms with Crippen LogP contribution in [0.15, 0.2) is 15.0 Å². The molecule has 0 fully saturated rings. The number of benzene rings is 1. The molecule has 0 bridgehead atoms. The number of hydrogen-bond acceptors (Lipinski definition) is 5. The van der Waals surface area contributed by atoms with E-state index in [-0.39, 0.29) is 10.2 Å². The quantitative estimate of drug-likeness (QED) is 0.613. The Balaban J connectivity index is 3.71.